The first-order valence-corrected chi connectivity index (χ1v) is 6.91. The second kappa shape index (κ2) is 10.6. The Hall–Kier alpha value is -2.17. The molecule has 1 atom stereocenters. The SMILES string of the molecule is C=C/C(C)=C\C(=C/C)CC(=O)NC(C)CCC(=O)NC=O. The number of amides is 3. The first kappa shape index (κ1) is 18.8. The predicted molar refractivity (Wildman–Crippen MR) is 83.4 cm³/mol. The van der Waals surface area contributed by atoms with Crippen molar-refractivity contribution in [1.82, 2.24) is 10.6 Å². The summed E-state index contributed by atoms with van der Waals surface area (Å²) in [6.45, 7) is 9.30. The number of carbonyl (C=O) groups excluding carboxylic acids is 3. The lowest BCUT2D eigenvalue weighted by Gasteiger charge is -2.13. The van der Waals surface area contributed by atoms with E-state index in [0.29, 0.717) is 12.8 Å². The van der Waals surface area contributed by atoms with Crippen molar-refractivity contribution in [3.63, 3.8) is 0 Å². The molecule has 5 heteroatoms. The average molecular weight is 292 g/mol. The van der Waals surface area contributed by atoms with Crippen LogP contribution in [0.5, 0.6) is 0 Å². The molecule has 0 fully saturated rings. The quantitative estimate of drug-likeness (QED) is 0.504. The van der Waals surface area contributed by atoms with Crippen LogP contribution in [0, 0.1) is 0 Å². The zero-order valence-corrected chi connectivity index (χ0v) is 12.9. The zero-order valence-electron chi connectivity index (χ0n) is 12.9. The van der Waals surface area contributed by atoms with E-state index >= 15 is 0 Å². The number of nitrogens with one attached hydrogen (secondary N) is 2. The van der Waals surface area contributed by atoms with Crippen LogP contribution in [-0.2, 0) is 14.4 Å². The number of imide groups is 1. The molecule has 3 amide bonds. The summed E-state index contributed by atoms with van der Waals surface area (Å²) in [7, 11) is 0. The number of allylic oxidation sites excluding steroid dienone is 4. The highest BCUT2D eigenvalue weighted by Gasteiger charge is 2.10. The van der Waals surface area contributed by atoms with Crippen LogP contribution in [0.15, 0.2) is 36.0 Å². The molecule has 0 aliphatic heterocycles. The van der Waals surface area contributed by atoms with Crippen LogP contribution in [0.2, 0.25) is 0 Å². The van der Waals surface area contributed by atoms with Gasteiger partial charge in [0.2, 0.25) is 18.2 Å². The molecule has 0 saturated heterocycles. The van der Waals surface area contributed by atoms with Gasteiger partial charge in [-0.2, -0.15) is 0 Å². The second-order valence-electron chi connectivity index (χ2n) is 4.83. The van der Waals surface area contributed by atoms with Crippen molar-refractivity contribution in [3.8, 4) is 0 Å². The van der Waals surface area contributed by atoms with E-state index in [1.807, 2.05) is 32.9 Å². The van der Waals surface area contributed by atoms with Gasteiger partial charge in [-0.15, -0.1) is 0 Å². The number of hydrogen-bond donors (Lipinski definition) is 2. The first-order chi connectivity index (χ1) is 9.92. The molecular formula is C16H24N2O3. The van der Waals surface area contributed by atoms with Gasteiger partial charge in [0.1, 0.15) is 0 Å². The van der Waals surface area contributed by atoms with Crippen LogP contribution in [0.4, 0.5) is 0 Å². The highest BCUT2D eigenvalue weighted by atomic mass is 16.2. The molecule has 116 valence electrons. The minimum absolute atomic E-state index is 0.0977. The molecule has 0 rings (SSSR count). The summed E-state index contributed by atoms with van der Waals surface area (Å²) in [5.74, 6) is -0.440. The minimum atomic E-state index is -0.343. The molecule has 0 aliphatic rings. The summed E-state index contributed by atoms with van der Waals surface area (Å²) in [6, 6.07) is -0.127. The second-order valence-corrected chi connectivity index (χ2v) is 4.83. The van der Waals surface area contributed by atoms with E-state index in [1.54, 1.807) is 6.08 Å². The third-order valence-corrected chi connectivity index (χ3v) is 2.90. The smallest absolute Gasteiger partial charge is 0.226 e. The summed E-state index contributed by atoms with van der Waals surface area (Å²) >= 11 is 0. The normalized spacial score (nSPS) is 13.3. The van der Waals surface area contributed by atoms with Crippen LogP contribution in [0.3, 0.4) is 0 Å². The Morgan fingerprint density at radius 3 is 2.48 bits per heavy atom. The minimum Gasteiger partial charge on any atom is -0.353 e. The Morgan fingerprint density at radius 1 is 1.29 bits per heavy atom. The van der Waals surface area contributed by atoms with Crippen LogP contribution in [0.1, 0.15) is 40.0 Å². The Kier molecular flexibility index (Phi) is 9.50. The van der Waals surface area contributed by atoms with Gasteiger partial charge in [-0.05, 0) is 32.8 Å². The lowest BCUT2D eigenvalue weighted by Crippen LogP contribution is -2.34. The molecule has 21 heavy (non-hydrogen) atoms. The summed E-state index contributed by atoms with van der Waals surface area (Å²) in [6.07, 6.45) is 6.86. The highest BCUT2D eigenvalue weighted by molar-refractivity contribution is 5.85. The first-order valence-electron chi connectivity index (χ1n) is 6.91. The monoisotopic (exact) mass is 292 g/mol. The van der Waals surface area contributed by atoms with Crippen molar-refractivity contribution < 1.29 is 14.4 Å². The Morgan fingerprint density at radius 2 is 1.95 bits per heavy atom. The lowest BCUT2D eigenvalue weighted by atomic mass is 10.1. The van der Waals surface area contributed by atoms with E-state index in [-0.39, 0.29) is 30.7 Å². The van der Waals surface area contributed by atoms with E-state index in [2.05, 4.69) is 17.2 Å². The van der Waals surface area contributed by atoms with E-state index in [9.17, 15) is 14.4 Å². The molecule has 1 unspecified atom stereocenters. The topological polar surface area (TPSA) is 75.3 Å². The summed E-state index contributed by atoms with van der Waals surface area (Å²) in [5.41, 5.74) is 1.91. The molecule has 0 heterocycles. The summed E-state index contributed by atoms with van der Waals surface area (Å²) in [5, 5.41) is 4.90. The third-order valence-electron chi connectivity index (χ3n) is 2.90. The molecule has 0 aromatic carbocycles. The number of hydrogen-bond acceptors (Lipinski definition) is 3. The molecule has 2 N–H and O–H groups in total. The highest BCUT2D eigenvalue weighted by Crippen LogP contribution is 2.08. The fourth-order valence-corrected chi connectivity index (χ4v) is 1.66. The van der Waals surface area contributed by atoms with Crippen LogP contribution in [-0.4, -0.2) is 24.3 Å². The van der Waals surface area contributed by atoms with Crippen molar-refractivity contribution in [2.24, 2.45) is 0 Å². The molecule has 0 aliphatic carbocycles. The van der Waals surface area contributed by atoms with Gasteiger partial charge in [-0.1, -0.05) is 30.4 Å². The van der Waals surface area contributed by atoms with E-state index in [1.165, 1.54) is 0 Å². The zero-order chi connectivity index (χ0) is 16.3. The van der Waals surface area contributed by atoms with Crippen molar-refractivity contribution in [3.05, 3.63) is 36.0 Å². The van der Waals surface area contributed by atoms with Gasteiger partial charge >= 0.3 is 0 Å². The van der Waals surface area contributed by atoms with Gasteiger partial charge in [0.25, 0.3) is 0 Å². The van der Waals surface area contributed by atoms with Gasteiger partial charge in [0.05, 0.1) is 6.42 Å². The lowest BCUT2D eigenvalue weighted by molar-refractivity contribution is -0.126. The maximum atomic E-state index is 11.9. The van der Waals surface area contributed by atoms with Crippen LogP contribution in [0.25, 0.3) is 0 Å². The summed E-state index contributed by atoms with van der Waals surface area (Å²) < 4.78 is 0. The van der Waals surface area contributed by atoms with Gasteiger partial charge in [0, 0.05) is 12.5 Å². The van der Waals surface area contributed by atoms with Crippen molar-refractivity contribution >= 4 is 18.2 Å². The van der Waals surface area contributed by atoms with Crippen molar-refractivity contribution in [1.29, 1.82) is 0 Å². The number of carbonyl (C=O) groups is 3. The third kappa shape index (κ3) is 9.38. The maximum absolute atomic E-state index is 11.9. The number of rotatable bonds is 9. The predicted octanol–water partition coefficient (Wildman–Crippen LogP) is 2.01. The molecule has 0 bridgehead atoms. The van der Waals surface area contributed by atoms with Gasteiger partial charge in [0.15, 0.2) is 0 Å². The van der Waals surface area contributed by atoms with Gasteiger partial charge in [-0.3, -0.25) is 19.7 Å². The van der Waals surface area contributed by atoms with Crippen LogP contribution >= 0.6 is 0 Å². The fraction of sp³-hybridized carbons (Fsp3) is 0.438. The molecule has 0 aromatic rings. The Bertz CT molecular complexity index is 450. The molecule has 0 radical (unpaired) electrons. The van der Waals surface area contributed by atoms with E-state index in [4.69, 9.17) is 0 Å². The molecule has 0 saturated carbocycles. The fourth-order valence-electron chi connectivity index (χ4n) is 1.66. The van der Waals surface area contributed by atoms with Gasteiger partial charge < -0.3 is 5.32 Å². The maximum Gasteiger partial charge on any atom is 0.226 e. The van der Waals surface area contributed by atoms with Gasteiger partial charge in [-0.25, -0.2) is 0 Å². The largest absolute Gasteiger partial charge is 0.353 e. The molecule has 5 nitrogen and oxygen atoms in total. The standard InChI is InChI=1S/C16H24N2O3/c1-5-12(3)9-14(6-2)10-16(21)18-13(4)7-8-15(20)17-11-19/h5-6,9,11,13H,1,7-8,10H2,2-4H3,(H,18,21)(H,17,19,20)/b12-9-,14-6+. The van der Waals surface area contributed by atoms with Crippen LogP contribution < -0.4 is 10.6 Å². The average Bonchev–Trinajstić information content (AvgIpc) is 2.44. The van der Waals surface area contributed by atoms with Crippen molar-refractivity contribution in [2.75, 3.05) is 0 Å². The molecule has 0 spiro atoms. The van der Waals surface area contributed by atoms with E-state index < -0.39 is 0 Å². The molecule has 0 aromatic heterocycles. The Balaban J connectivity index is 4.26. The van der Waals surface area contributed by atoms with Crippen molar-refractivity contribution in [2.45, 2.75) is 46.1 Å². The summed E-state index contributed by atoms with van der Waals surface area (Å²) in [4.78, 5) is 33.1. The Labute approximate surface area is 126 Å². The van der Waals surface area contributed by atoms with E-state index in [0.717, 1.165) is 11.1 Å². The molecular weight excluding hydrogens is 268 g/mol.